The van der Waals surface area contributed by atoms with Gasteiger partial charge in [0, 0.05) is 0 Å². The van der Waals surface area contributed by atoms with Gasteiger partial charge in [-0.25, -0.2) is 17.6 Å². The van der Waals surface area contributed by atoms with Gasteiger partial charge in [-0.05, 0) is 0 Å². The third kappa shape index (κ3) is 3.44. The fourth-order valence-corrected chi connectivity index (χ4v) is 2.55. The Morgan fingerprint density at radius 2 is 0.680 bits per heavy atom. The Bertz CT molecular complexity index is 448. The van der Waals surface area contributed by atoms with E-state index in [0.717, 1.165) is 0 Å². The van der Waals surface area contributed by atoms with Gasteiger partial charge in [0.1, 0.15) is 3.92 Å². The van der Waals surface area contributed by atoms with Crippen molar-refractivity contribution in [1.29, 1.82) is 0 Å². The van der Waals surface area contributed by atoms with Gasteiger partial charge in [0.2, 0.25) is 0 Å². The smallest absolute Gasteiger partial charge is 0.222 e. The predicted molar refractivity (Wildman–Crippen MR) is 54.7 cm³/mol. The lowest BCUT2D eigenvalue weighted by Crippen LogP contribution is -2.73. The zero-order chi connectivity index (χ0) is 21.1. The van der Waals surface area contributed by atoms with Crippen molar-refractivity contribution >= 4 is 22.6 Å². The Labute approximate surface area is 139 Å². The molecule has 0 spiro atoms. The number of hydrogen-bond acceptors (Lipinski definition) is 0. The van der Waals surface area contributed by atoms with Crippen molar-refractivity contribution in [2.75, 3.05) is 0 Å². The van der Waals surface area contributed by atoms with E-state index in [0.29, 0.717) is 0 Å². The standard InChI is InChI=1S/C8HF16I/c9-2(5(13,14)15,6(16,17)18)1(25)3(10,11)4(12,7(19,20)21)8(22,23)24/h1H. The van der Waals surface area contributed by atoms with Crippen LogP contribution in [0.25, 0.3) is 0 Å². The minimum absolute atomic E-state index is 0.986. The van der Waals surface area contributed by atoms with Crippen LogP contribution in [0, 0.1) is 0 Å². The van der Waals surface area contributed by atoms with Gasteiger partial charge in [0.15, 0.2) is 0 Å². The Morgan fingerprint density at radius 3 is 0.840 bits per heavy atom. The van der Waals surface area contributed by atoms with Gasteiger partial charge in [-0.2, -0.15) is 52.7 Å². The zero-order valence-corrected chi connectivity index (χ0v) is 12.7. The monoisotopic (exact) mass is 528 g/mol. The quantitative estimate of drug-likeness (QED) is 0.237. The summed E-state index contributed by atoms with van der Waals surface area (Å²) in [5.74, 6) is -7.57. The molecule has 0 aromatic rings. The van der Waals surface area contributed by atoms with Gasteiger partial charge in [0.05, 0.1) is 0 Å². The normalized spacial score (nSPS) is 17.6. The minimum Gasteiger partial charge on any atom is -0.222 e. The van der Waals surface area contributed by atoms with Crippen molar-refractivity contribution in [2.45, 2.75) is 45.9 Å². The highest BCUT2D eigenvalue weighted by atomic mass is 127. The molecule has 0 aromatic heterocycles. The van der Waals surface area contributed by atoms with E-state index in [1.54, 1.807) is 0 Å². The molecular formula is C8HF16I. The highest BCUT2D eigenvalue weighted by molar-refractivity contribution is 14.1. The summed E-state index contributed by atoms with van der Waals surface area (Å²) < 4.78 is 194. The molecule has 0 rings (SSSR count). The largest absolute Gasteiger partial charge is 0.437 e. The molecule has 0 radical (unpaired) electrons. The van der Waals surface area contributed by atoms with Gasteiger partial charge in [-0.3, -0.25) is 0 Å². The number of rotatable bonds is 3. The van der Waals surface area contributed by atoms with E-state index in [1.807, 2.05) is 0 Å². The zero-order valence-electron chi connectivity index (χ0n) is 10.5. The molecule has 0 nitrogen and oxygen atoms in total. The van der Waals surface area contributed by atoms with E-state index in [1.165, 1.54) is 0 Å². The molecule has 0 saturated heterocycles. The summed E-state index contributed by atoms with van der Waals surface area (Å²) in [7, 11) is 0. The molecule has 0 fully saturated rings. The lowest BCUT2D eigenvalue weighted by Gasteiger charge is -2.43. The highest BCUT2D eigenvalue weighted by Gasteiger charge is 2.91. The summed E-state index contributed by atoms with van der Waals surface area (Å²) in [5.41, 5.74) is -15.2. The third-order valence-corrected chi connectivity index (χ3v) is 4.37. The second-order valence-corrected chi connectivity index (χ2v) is 5.59. The van der Waals surface area contributed by atoms with E-state index >= 15 is 0 Å². The van der Waals surface area contributed by atoms with E-state index < -0.39 is 68.5 Å². The summed E-state index contributed by atoms with van der Waals surface area (Å²) in [4.78, 5) is 0. The summed E-state index contributed by atoms with van der Waals surface area (Å²) >= 11 is -0.986. The summed E-state index contributed by atoms with van der Waals surface area (Å²) in [6.45, 7) is 0. The van der Waals surface area contributed by atoms with Crippen LogP contribution in [-0.2, 0) is 0 Å². The molecule has 0 N–H and O–H groups in total. The highest BCUT2D eigenvalue weighted by Crippen LogP contribution is 2.62. The van der Waals surface area contributed by atoms with Crippen molar-refractivity contribution in [3.8, 4) is 0 Å². The average molecular weight is 528 g/mol. The maximum absolute atomic E-state index is 13.4. The first-order valence-corrected chi connectivity index (χ1v) is 6.31. The topological polar surface area (TPSA) is 0 Å². The molecule has 17 heteroatoms. The van der Waals surface area contributed by atoms with Gasteiger partial charge < -0.3 is 0 Å². The van der Waals surface area contributed by atoms with Crippen molar-refractivity contribution in [2.24, 2.45) is 0 Å². The lowest BCUT2D eigenvalue weighted by atomic mass is 9.85. The van der Waals surface area contributed by atoms with Crippen LogP contribution in [0.3, 0.4) is 0 Å². The molecule has 0 aromatic carbocycles. The van der Waals surface area contributed by atoms with Crippen LogP contribution in [0.2, 0.25) is 0 Å². The first-order chi connectivity index (χ1) is 10.4. The van der Waals surface area contributed by atoms with Crippen molar-refractivity contribution < 1.29 is 70.2 Å². The Hall–Kier alpha value is -0.390. The number of halogens is 17. The second kappa shape index (κ2) is 6.07. The van der Waals surface area contributed by atoms with Gasteiger partial charge in [-0.15, -0.1) is 0 Å². The van der Waals surface area contributed by atoms with Gasteiger partial charge >= 0.3 is 42.0 Å². The minimum atomic E-state index is -7.90. The molecule has 0 bridgehead atoms. The molecule has 0 aliphatic carbocycles. The van der Waals surface area contributed by atoms with Crippen LogP contribution < -0.4 is 0 Å². The van der Waals surface area contributed by atoms with Crippen LogP contribution in [0.1, 0.15) is 0 Å². The molecule has 0 saturated carbocycles. The van der Waals surface area contributed by atoms with Crippen molar-refractivity contribution in [3.63, 3.8) is 0 Å². The number of alkyl halides is 17. The molecule has 0 amide bonds. The lowest BCUT2D eigenvalue weighted by molar-refractivity contribution is -0.412. The van der Waals surface area contributed by atoms with Crippen LogP contribution >= 0.6 is 22.6 Å². The Balaban J connectivity index is 6.76. The summed E-state index contributed by atoms with van der Waals surface area (Å²) in [6, 6.07) is 0. The first-order valence-electron chi connectivity index (χ1n) is 5.07. The fraction of sp³-hybridized carbons (Fsp3) is 1.00. The Morgan fingerprint density at radius 1 is 0.440 bits per heavy atom. The molecular weight excluding hydrogens is 527 g/mol. The molecule has 1 unspecified atom stereocenters. The maximum Gasteiger partial charge on any atom is 0.437 e. The van der Waals surface area contributed by atoms with E-state index in [2.05, 4.69) is 0 Å². The van der Waals surface area contributed by atoms with Crippen molar-refractivity contribution in [3.05, 3.63) is 0 Å². The molecule has 1 atom stereocenters. The van der Waals surface area contributed by atoms with Crippen molar-refractivity contribution in [1.82, 2.24) is 0 Å². The van der Waals surface area contributed by atoms with Crippen LogP contribution in [-0.4, -0.2) is 45.9 Å². The second-order valence-electron chi connectivity index (χ2n) is 4.35. The van der Waals surface area contributed by atoms with Gasteiger partial charge in [0.25, 0.3) is 0 Å². The first kappa shape index (κ1) is 24.6. The fourth-order valence-electron chi connectivity index (χ4n) is 1.41. The molecule has 0 aliphatic rings. The summed E-state index contributed by atoms with van der Waals surface area (Å²) in [6.07, 6.45) is -30.3. The van der Waals surface area contributed by atoms with Crippen LogP contribution in [0.5, 0.6) is 0 Å². The SMILES string of the molecule is FC(F)(F)C(F)(C(I)C(F)(F)C(F)(C(F)(F)F)C(F)(F)F)C(F)(F)F. The molecule has 0 heterocycles. The maximum atomic E-state index is 13.4. The summed E-state index contributed by atoms with van der Waals surface area (Å²) in [5, 5.41) is 0. The third-order valence-electron chi connectivity index (χ3n) is 2.73. The molecule has 0 aliphatic heterocycles. The van der Waals surface area contributed by atoms with Crippen LogP contribution in [0.15, 0.2) is 0 Å². The van der Waals surface area contributed by atoms with E-state index in [-0.39, 0.29) is 0 Å². The van der Waals surface area contributed by atoms with E-state index in [9.17, 15) is 70.2 Å². The van der Waals surface area contributed by atoms with Gasteiger partial charge in [-0.1, -0.05) is 22.6 Å². The van der Waals surface area contributed by atoms with E-state index in [4.69, 9.17) is 0 Å². The number of hydrogen-bond donors (Lipinski definition) is 0. The predicted octanol–water partition coefficient (Wildman–Crippen LogP) is 6.09. The average Bonchev–Trinajstić information content (AvgIpc) is 2.29. The van der Waals surface area contributed by atoms with Crippen LogP contribution in [0.4, 0.5) is 70.2 Å². The molecule has 25 heavy (non-hydrogen) atoms. The Kier molecular flexibility index (Phi) is 5.97. The molecule has 152 valence electrons.